The summed E-state index contributed by atoms with van der Waals surface area (Å²) in [6.45, 7) is 0. The van der Waals surface area contributed by atoms with Gasteiger partial charge >= 0.3 is 5.97 Å². The molecule has 0 aromatic heterocycles. The van der Waals surface area contributed by atoms with Crippen LogP contribution in [0.1, 0.15) is 26.3 Å². The number of halogens is 1. The third kappa shape index (κ3) is 3.37. The summed E-state index contributed by atoms with van der Waals surface area (Å²) in [5, 5.41) is 8.17. The van der Waals surface area contributed by atoms with Crippen molar-refractivity contribution < 1.29 is 19.5 Å². The Morgan fingerprint density at radius 3 is 2.28 bits per heavy atom. The topological polar surface area (TPSA) is 83.8 Å². The van der Waals surface area contributed by atoms with E-state index in [0.29, 0.717) is 0 Å². The first-order valence-electron chi connectivity index (χ1n) is 7.65. The standard InChI is InChI=1S/C19H14ClNO4/c20-15-16(18(23)13-9-5-4-8-12(13)17(15)22)21-14(19(24)25)10-11-6-2-1-3-7-11/h1-9,14-15H,10H2,(H,24,25)/t14-,15?/m1/s1. The van der Waals surface area contributed by atoms with Crippen molar-refractivity contribution in [2.75, 3.05) is 0 Å². The lowest BCUT2D eigenvalue weighted by atomic mass is 9.87. The summed E-state index contributed by atoms with van der Waals surface area (Å²) in [6.07, 6.45) is 0.104. The summed E-state index contributed by atoms with van der Waals surface area (Å²) >= 11 is 6.11. The normalized spacial score (nSPS) is 19.6. The summed E-state index contributed by atoms with van der Waals surface area (Å²) in [6, 6.07) is 14.1. The lowest BCUT2D eigenvalue weighted by Gasteiger charge is -2.21. The number of hydrogen-bond donors (Lipinski definition) is 1. The molecule has 2 aromatic rings. The van der Waals surface area contributed by atoms with Gasteiger partial charge in [-0.25, -0.2) is 4.79 Å². The van der Waals surface area contributed by atoms with Crippen molar-refractivity contribution in [3.8, 4) is 0 Å². The minimum Gasteiger partial charge on any atom is -0.480 e. The van der Waals surface area contributed by atoms with Crippen LogP contribution in [-0.2, 0) is 11.2 Å². The molecule has 0 heterocycles. The van der Waals surface area contributed by atoms with Gasteiger partial charge in [0.25, 0.3) is 0 Å². The molecule has 0 spiro atoms. The fraction of sp³-hybridized carbons (Fsp3) is 0.158. The minimum atomic E-state index is -1.28. The number of aliphatic carboxylic acids is 1. The second kappa shape index (κ2) is 6.99. The van der Waals surface area contributed by atoms with E-state index in [9.17, 15) is 19.5 Å². The molecule has 5 nitrogen and oxygen atoms in total. The van der Waals surface area contributed by atoms with Crippen LogP contribution in [0, 0.1) is 0 Å². The maximum atomic E-state index is 12.6. The highest BCUT2D eigenvalue weighted by Gasteiger charge is 2.38. The van der Waals surface area contributed by atoms with E-state index in [1.807, 2.05) is 6.07 Å². The Hall–Kier alpha value is -2.79. The summed E-state index contributed by atoms with van der Waals surface area (Å²) in [7, 11) is 0. The van der Waals surface area contributed by atoms with Crippen molar-refractivity contribution in [3.63, 3.8) is 0 Å². The molecule has 1 unspecified atom stereocenters. The van der Waals surface area contributed by atoms with Gasteiger partial charge in [0.1, 0.15) is 11.1 Å². The Morgan fingerprint density at radius 1 is 1.04 bits per heavy atom. The number of nitrogens with zero attached hydrogens (tertiary/aromatic N) is 1. The molecule has 25 heavy (non-hydrogen) atoms. The van der Waals surface area contributed by atoms with Gasteiger partial charge < -0.3 is 5.11 Å². The van der Waals surface area contributed by atoms with Crippen LogP contribution < -0.4 is 0 Å². The third-order valence-electron chi connectivity index (χ3n) is 3.99. The monoisotopic (exact) mass is 355 g/mol. The molecule has 2 atom stereocenters. The average molecular weight is 356 g/mol. The van der Waals surface area contributed by atoms with E-state index in [4.69, 9.17) is 11.6 Å². The number of benzene rings is 2. The number of carbonyl (C=O) groups excluding carboxylic acids is 2. The van der Waals surface area contributed by atoms with E-state index in [2.05, 4.69) is 4.99 Å². The zero-order valence-electron chi connectivity index (χ0n) is 13.1. The van der Waals surface area contributed by atoms with Crippen molar-refractivity contribution in [2.24, 2.45) is 4.99 Å². The second-order valence-corrected chi connectivity index (χ2v) is 6.10. The SMILES string of the molecule is O=C1C(=N[C@H](Cc2ccccc2)C(=O)O)C(Cl)C(=O)c2ccccc21. The van der Waals surface area contributed by atoms with Gasteiger partial charge in [-0.05, 0) is 5.56 Å². The molecule has 3 rings (SSSR count). The molecule has 0 aliphatic heterocycles. The van der Waals surface area contributed by atoms with Crippen molar-refractivity contribution in [2.45, 2.75) is 17.8 Å². The van der Waals surface area contributed by atoms with E-state index in [1.54, 1.807) is 36.4 Å². The number of aliphatic imine (C=N–C) groups is 1. The first kappa shape index (κ1) is 17.0. The smallest absolute Gasteiger partial charge is 0.328 e. The minimum absolute atomic E-state index is 0.104. The van der Waals surface area contributed by atoms with Crippen molar-refractivity contribution in [1.82, 2.24) is 0 Å². The van der Waals surface area contributed by atoms with Gasteiger partial charge in [0.2, 0.25) is 5.78 Å². The summed E-state index contributed by atoms with van der Waals surface area (Å²) in [5.41, 5.74) is 0.988. The number of hydrogen-bond acceptors (Lipinski definition) is 4. The Morgan fingerprint density at radius 2 is 1.64 bits per heavy atom. The Balaban J connectivity index is 1.99. The maximum Gasteiger partial charge on any atom is 0.328 e. The lowest BCUT2D eigenvalue weighted by molar-refractivity contribution is -0.138. The number of rotatable bonds is 4. The highest BCUT2D eigenvalue weighted by molar-refractivity contribution is 6.64. The van der Waals surface area contributed by atoms with Gasteiger partial charge in [0.15, 0.2) is 11.8 Å². The van der Waals surface area contributed by atoms with Crippen LogP contribution in [0.15, 0.2) is 59.6 Å². The third-order valence-corrected chi connectivity index (χ3v) is 4.40. The van der Waals surface area contributed by atoms with E-state index in [1.165, 1.54) is 12.1 Å². The molecule has 0 bridgehead atoms. The van der Waals surface area contributed by atoms with Crippen LogP contribution in [0.25, 0.3) is 0 Å². The molecule has 0 fully saturated rings. The average Bonchev–Trinajstić information content (AvgIpc) is 2.63. The molecule has 0 radical (unpaired) electrons. The van der Waals surface area contributed by atoms with Crippen molar-refractivity contribution in [1.29, 1.82) is 0 Å². The zero-order valence-corrected chi connectivity index (χ0v) is 13.8. The molecule has 2 aromatic carbocycles. The van der Waals surface area contributed by atoms with Gasteiger partial charge in [-0.3, -0.25) is 14.6 Å². The first-order chi connectivity index (χ1) is 12.0. The molecule has 0 saturated heterocycles. The van der Waals surface area contributed by atoms with Crippen LogP contribution in [0.4, 0.5) is 0 Å². The fourth-order valence-electron chi connectivity index (χ4n) is 2.73. The van der Waals surface area contributed by atoms with Gasteiger partial charge in [-0.2, -0.15) is 0 Å². The van der Waals surface area contributed by atoms with E-state index < -0.39 is 29.0 Å². The number of carboxylic acid groups (broad SMARTS) is 1. The molecule has 1 N–H and O–H groups in total. The molecule has 1 aliphatic carbocycles. The number of Topliss-reactive ketones (excluding diaryl/α,β-unsaturated/α-hetero) is 2. The molecule has 126 valence electrons. The Kier molecular flexibility index (Phi) is 4.76. The fourth-order valence-corrected chi connectivity index (χ4v) is 3.00. The molecule has 0 saturated carbocycles. The number of ketones is 2. The highest BCUT2D eigenvalue weighted by atomic mass is 35.5. The predicted octanol–water partition coefficient (Wildman–Crippen LogP) is 2.81. The maximum absolute atomic E-state index is 12.6. The first-order valence-corrected chi connectivity index (χ1v) is 8.09. The second-order valence-electron chi connectivity index (χ2n) is 5.66. The van der Waals surface area contributed by atoms with Gasteiger partial charge in [0.05, 0.1) is 0 Å². The quantitative estimate of drug-likeness (QED) is 0.855. The molecule has 1 aliphatic rings. The van der Waals surface area contributed by atoms with E-state index in [-0.39, 0.29) is 23.3 Å². The van der Waals surface area contributed by atoms with E-state index >= 15 is 0 Å². The van der Waals surface area contributed by atoms with Crippen molar-refractivity contribution >= 4 is 34.8 Å². The largest absolute Gasteiger partial charge is 0.480 e. The Labute approximate surface area is 149 Å². The van der Waals surface area contributed by atoms with Crippen LogP contribution in [0.5, 0.6) is 0 Å². The summed E-state index contributed by atoms with van der Waals surface area (Å²) < 4.78 is 0. The molecule has 0 amide bonds. The van der Waals surface area contributed by atoms with Crippen LogP contribution in [-0.4, -0.2) is 39.8 Å². The number of carbonyl (C=O) groups is 3. The highest BCUT2D eigenvalue weighted by Crippen LogP contribution is 2.24. The number of carboxylic acids is 1. The van der Waals surface area contributed by atoms with Gasteiger partial charge in [-0.15, -0.1) is 11.6 Å². The van der Waals surface area contributed by atoms with Crippen LogP contribution in [0.3, 0.4) is 0 Å². The zero-order chi connectivity index (χ0) is 18.0. The molecule has 6 heteroatoms. The van der Waals surface area contributed by atoms with Crippen LogP contribution in [0.2, 0.25) is 0 Å². The predicted molar refractivity (Wildman–Crippen MR) is 93.7 cm³/mol. The van der Waals surface area contributed by atoms with Gasteiger partial charge in [-0.1, -0.05) is 54.6 Å². The Bertz CT molecular complexity index is 876. The van der Waals surface area contributed by atoms with Crippen molar-refractivity contribution in [3.05, 3.63) is 71.3 Å². The number of fused-ring (bicyclic) bond motifs is 1. The summed E-state index contributed by atoms with van der Waals surface area (Å²) in [4.78, 5) is 40.6. The van der Waals surface area contributed by atoms with Crippen LogP contribution >= 0.6 is 11.6 Å². The molecular formula is C19H14ClNO4. The molecular weight excluding hydrogens is 342 g/mol. The van der Waals surface area contributed by atoms with Gasteiger partial charge in [0, 0.05) is 17.5 Å². The lowest BCUT2D eigenvalue weighted by Crippen LogP contribution is -2.39. The van der Waals surface area contributed by atoms with E-state index in [0.717, 1.165) is 5.56 Å². The number of alkyl halides is 1. The summed E-state index contributed by atoms with van der Waals surface area (Å²) in [5.74, 6) is -2.13.